The molecule has 32 heavy (non-hydrogen) atoms. The molecule has 0 unspecified atom stereocenters. The molecule has 0 saturated carbocycles. The standard InChI is InChI=1S/C24H20ClN3O3S/c25-18-8-6-16(7-9-18)14-21(28-23(30)17-4-2-1-3-5-17)24(31)27-19-10-12-20(13-11-19)32-15-22(26)29/h1-14H,15H2,(H2,26,29)(H,27,31)(H,28,30)/b21-14-. The molecule has 0 aromatic heterocycles. The summed E-state index contributed by atoms with van der Waals surface area (Å²) in [5.74, 6) is -1.12. The second kappa shape index (κ2) is 11.2. The molecule has 0 heterocycles. The van der Waals surface area contributed by atoms with Gasteiger partial charge in [0.25, 0.3) is 11.8 Å². The normalized spacial score (nSPS) is 11.0. The molecule has 8 heteroatoms. The zero-order valence-electron chi connectivity index (χ0n) is 16.9. The summed E-state index contributed by atoms with van der Waals surface area (Å²) in [6.07, 6.45) is 1.57. The first-order valence-electron chi connectivity index (χ1n) is 9.57. The highest BCUT2D eigenvalue weighted by Gasteiger charge is 2.15. The van der Waals surface area contributed by atoms with Crippen LogP contribution in [0.1, 0.15) is 15.9 Å². The van der Waals surface area contributed by atoms with Gasteiger partial charge >= 0.3 is 0 Å². The largest absolute Gasteiger partial charge is 0.369 e. The Balaban J connectivity index is 1.79. The van der Waals surface area contributed by atoms with Crippen LogP contribution in [0.4, 0.5) is 5.69 Å². The highest BCUT2D eigenvalue weighted by atomic mass is 35.5. The molecule has 0 saturated heterocycles. The molecule has 0 aliphatic rings. The van der Waals surface area contributed by atoms with Gasteiger partial charge in [-0.05, 0) is 60.2 Å². The molecule has 6 nitrogen and oxygen atoms in total. The Bertz CT molecular complexity index is 1130. The van der Waals surface area contributed by atoms with E-state index in [9.17, 15) is 14.4 Å². The first-order valence-corrected chi connectivity index (χ1v) is 10.9. The summed E-state index contributed by atoms with van der Waals surface area (Å²) in [6.45, 7) is 0. The highest BCUT2D eigenvalue weighted by Crippen LogP contribution is 2.20. The first-order chi connectivity index (χ1) is 15.4. The fraction of sp³-hybridized carbons (Fsp3) is 0.0417. The van der Waals surface area contributed by atoms with E-state index in [0.717, 1.165) is 4.90 Å². The van der Waals surface area contributed by atoms with Crippen molar-refractivity contribution in [1.29, 1.82) is 0 Å². The van der Waals surface area contributed by atoms with Gasteiger partial charge in [-0.15, -0.1) is 11.8 Å². The molecule has 0 spiro atoms. The van der Waals surface area contributed by atoms with Crippen molar-refractivity contribution in [3.8, 4) is 0 Å². The van der Waals surface area contributed by atoms with Crippen LogP contribution in [0.5, 0.6) is 0 Å². The Hall–Kier alpha value is -3.55. The van der Waals surface area contributed by atoms with Crippen LogP contribution in [0.2, 0.25) is 5.02 Å². The van der Waals surface area contributed by atoms with E-state index in [1.165, 1.54) is 11.8 Å². The Morgan fingerprint density at radius 3 is 2.19 bits per heavy atom. The predicted molar refractivity (Wildman–Crippen MR) is 128 cm³/mol. The minimum Gasteiger partial charge on any atom is -0.369 e. The molecule has 3 rings (SSSR count). The average Bonchev–Trinajstić information content (AvgIpc) is 2.80. The van der Waals surface area contributed by atoms with Crippen LogP contribution in [-0.4, -0.2) is 23.5 Å². The van der Waals surface area contributed by atoms with Gasteiger partial charge in [-0.2, -0.15) is 0 Å². The van der Waals surface area contributed by atoms with Crippen molar-refractivity contribution >= 4 is 52.8 Å². The fourth-order valence-electron chi connectivity index (χ4n) is 2.66. The van der Waals surface area contributed by atoms with Crippen LogP contribution in [-0.2, 0) is 9.59 Å². The van der Waals surface area contributed by atoms with Crippen LogP contribution >= 0.6 is 23.4 Å². The number of primary amides is 1. The molecular formula is C24H20ClN3O3S. The van der Waals surface area contributed by atoms with E-state index in [-0.39, 0.29) is 11.4 Å². The topological polar surface area (TPSA) is 101 Å². The molecule has 0 fully saturated rings. The monoisotopic (exact) mass is 465 g/mol. The lowest BCUT2D eigenvalue weighted by Crippen LogP contribution is -2.30. The summed E-state index contributed by atoms with van der Waals surface area (Å²) in [7, 11) is 0. The number of carbonyl (C=O) groups is 3. The number of rotatable bonds is 8. The van der Waals surface area contributed by atoms with Crippen molar-refractivity contribution in [3.63, 3.8) is 0 Å². The Morgan fingerprint density at radius 1 is 0.906 bits per heavy atom. The number of hydrogen-bond donors (Lipinski definition) is 3. The lowest BCUT2D eigenvalue weighted by atomic mass is 10.1. The molecule has 162 valence electrons. The number of carbonyl (C=O) groups excluding carboxylic acids is 3. The summed E-state index contributed by atoms with van der Waals surface area (Å²) in [5, 5.41) is 6.02. The van der Waals surface area contributed by atoms with Gasteiger partial charge in [0.2, 0.25) is 5.91 Å². The molecule has 0 aliphatic heterocycles. The Morgan fingerprint density at radius 2 is 1.56 bits per heavy atom. The number of anilines is 1. The lowest BCUT2D eigenvalue weighted by Gasteiger charge is -2.12. The summed E-state index contributed by atoms with van der Waals surface area (Å²) >= 11 is 7.24. The van der Waals surface area contributed by atoms with Gasteiger partial charge in [-0.25, -0.2) is 0 Å². The van der Waals surface area contributed by atoms with Crippen LogP contribution in [0, 0.1) is 0 Å². The SMILES string of the molecule is NC(=O)CSc1ccc(NC(=O)/C(=C/c2ccc(Cl)cc2)NC(=O)c2ccccc2)cc1. The van der Waals surface area contributed by atoms with Gasteiger partial charge < -0.3 is 16.4 Å². The summed E-state index contributed by atoms with van der Waals surface area (Å²) in [6, 6.07) is 22.5. The zero-order valence-corrected chi connectivity index (χ0v) is 18.5. The van der Waals surface area contributed by atoms with Gasteiger partial charge in [0.1, 0.15) is 5.70 Å². The fourth-order valence-corrected chi connectivity index (χ4v) is 3.42. The molecule has 0 atom stereocenters. The predicted octanol–water partition coefficient (Wildman–Crippen LogP) is 4.33. The molecule has 3 amide bonds. The van der Waals surface area contributed by atoms with Gasteiger partial charge in [-0.3, -0.25) is 14.4 Å². The Kier molecular flexibility index (Phi) is 8.08. The summed E-state index contributed by atoms with van der Waals surface area (Å²) in [4.78, 5) is 37.4. The van der Waals surface area contributed by atoms with Gasteiger partial charge in [0.05, 0.1) is 5.75 Å². The van der Waals surface area contributed by atoms with E-state index >= 15 is 0 Å². The molecule has 3 aromatic rings. The highest BCUT2D eigenvalue weighted by molar-refractivity contribution is 8.00. The van der Waals surface area contributed by atoms with E-state index < -0.39 is 17.7 Å². The summed E-state index contributed by atoms with van der Waals surface area (Å²) < 4.78 is 0. The third kappa shape index (κ3) is 7.01. The number of benzene rings is 3. The molecule has 0 radical (unpaired) electrons. The minimum absolute atomic E-state index is 0.0772. The van der Waals surface area contributed by atoms with Crippen molar-refractivity contribution < 1.29 is 14.4 Å². The molecule has 3 aromatic carbocycles. The smallest absolute Gasteiger partial charge is 0.272 e. The van der Waals surface area contributed by atoms with Crippen molar-refractivity contribution in [3.05, 3.63) is 101 Å². The number of nitrogens with two attached hydrogens (primary N) is 1. The second-order valence-corrected chi connectivity index (χ2v) is 8.15. The van der Waals surface area contributed by atoms with Crippen molar-refractivity contribution in [1.82, 2.24) is 5.32 Å². The van der Waals surface area contributed by atoms with E-state index in [1.807, 2.05) is 0 Å². The average molecular weight is 466 g/mol. The first kappa shape index (κ1) is 23.1. The quantitative estimate of drug-likeness (QED) is 0.340. The summed E-state index contributed by atoms with van der Waals surface area (Å²) in [5.41, 5.74) is 6.90. The number of thioether (sulfide) groups is 1. The van der Waals surface area contributed by atoms with E-state index in [4.69, 9.17) is 17.3 Å². The molecule has 0 bridgehead atoms. The molecular weight excluding hydrogens is 446 g/mol. The number of halogens is 1. The zero-order chi connectivity index (χ0) is 22.9. The maximum Gasteiger partial charge on any atom is 0.272 e. The second-order valence-electron chi connectivity index (χ2n) is 6.66. The molecule has 4 N–H and O–H groups in total. The van der Waals surface area contributed by atoms with Crippen LogP contribution in [0.3, 0.4) is 0 Å². The Labute approximate surface area is 194 Å². The maximum atomic E-state index is 13.0. The molecule has 0 aliphatic carbocycles. The van der Waals surface area contributed by atoms with Crippen LogP contribution in [0.15, 0.2) is 89.5 Å². The maximum absolute atomic E-state index is 13.0. The van der Waals surface area contributed by atoms with Crippen LogP contribution < -0.4 is 16.4 Å². The van der Waals surface area contributed by atoms with Gasteiger partial charge in [0.15, 0.2) is 0 Å². The van der Waals surface area contributed by atoms with Gasteiger partial charge in [0, 0.05) is 21.2 Å². The minimum atomic E-state index is -0.484. The lowest BCUT2D eigenvalue weighted by molar-refractivity contribution is -0.115. The third-order valence-corrected chi connectivity index (χ3v) is 5.49. The van der Waals surface area contributed by atoms with E-state index in [2.05, 4.69) is 10.6 Å². The number of nitrogens with one attached hydrogen (secondary N) is 2. The third-order valence-electron chi connectivity index (χ3n) is 4.20. The number of hydrogen-bond acceptors (Lipinski definition) is 4. The van der Waals surface area contributed by atoms with Gasteiger partial charge in [-0.1, -0.05) is 41.9 Å². The van der Waals surface area contributed by atoms with Crippen LogP contribution in [0.25, 0.3) is 6.08 Å². The number of amides is 3. The van der Waals surface area contributed by atoms with E-state index in [0.29, 0.717) is 21.8 Å². The van der Waals surface area contributed by atoms with E-state index in [1.54, 1.807) is 84.9 Å². The van der Waals surface area contributed by atoms with Crippen molar-refractivity contribution in [2.75, 3.05) is 11.1 Å². The van der Waals surface area contributed by atoms with Crippen molar-refractivity contribution in [2.45, 2.75) is 4.90 Å². The van der Waals surface area contributed by atoms with Crippen molar-refractivity contribution in [2.24, 2.45) is 5.73 Å².